The van der Waals surface area contributed by atoms with Crippen molar-refractivity contribution >= 4 is 5.97 Å². The van der Waals surface area contributed by atoms with E-state index in [1.54, 1.807) is 6.92 Å². The van der Waals surface area contributed by atoms with Gasteiger partial charge in [-0.05, 0) is 87.9 Å². The van der Waals surface area contributed by atoms with Gasteiger partial charge in [0.05, 0.1) is 63.4 Å². The van der Waals surface area contributed by atoms with E-state index < -0.39 is 245 Å². The van der Waals surface area contributed by atoms with Crippen LogP contribution in [0, 0.1) is 39.4 Å². The predicted molar refractivity (Wildman–Crippen MR) is 311 cm³/mol. The van der Waals surface area contributed by atoms with E-state index in [-0.39, 0.29) is 29.3 Å². The maximum atomic E-state index is 12.8. The molecule has 17 N–H and O–H groups in total. The first-order chi connectivity index (χ1) is 44.8. The van der Waals surface area contributed by atoms with Gasteiger partial charge in [0.1, 0.15) is 128 Å². The summed E-state index contributed by atoms with van der Waals surface area (Å²) in [6, 6.07) is 0. The SMILES string of the molecule is CC1OC(OC2C(OC3C(OCC4OC(OC5CCC6(C)C7=C(CCC6C5(C)CO)C5(C)CCC6(OC8(CC6C)OC(=O)C(C)C8O)C5(C)CC7)C(O)C(O)C4O)OCC(O)C3O)OC(CO)C(O)C2OC2OCC(O)C(O)C2OC2OC(CO)C(O)C2O)C(O)C(O)C1O. The Morgan fingerprint density at radius 3 is 1.68 bits per heavy atom. The maximum absolute atomic E-state index is 12.8. The molecule has 2 saturated carbocycles. The maximum Gasteiger partial charge on any atom is 0.314 e. The lowest BCUT2D eigenvalue weighted by atomic mass is 9.42. The molecule has 32 nitrogen and oxygen atoms in total. The molecule has 0 aromatic rings. The lowest BCUT2D eigenvalue weighted by molar-refractivity contribution is -0.407. The molecule has 544 valence electrons. The number of rotatable bonds is 16. The second-order valence-corrected chi connectivity index (χ2v) is 29.9. The monoisotopic (exact) mass is 1370 g/mol. The van der Waals surface area contributed by atoms with Gasteiger partial charge in [0.25, 0.3) is 0 Å². The standard InChI is InChI=1S/C63H100O32/c1-23-16-63(50(80)24(2)51(81)94-63)95-62(23)15-14-60(6)27-8-9-33-58(4,26(27)10-13-61(60,62)7)12-11-34(59(33,5)22-66)89-53-45(79)42(76)39(73)32(88-53)21-84-55-47(36(70)28(67)19-82-55)92-57-49(93-52-44(78)41(75)35(69)25(3)85-52)46(40(74)31(18-65)87-57)90-56-48(37(71)29(68)20-83-56)91-54-43(77)38(72)30(17-64)86-54/h23-25,28-50,52-57,64-80H,8-22H2,1-7H3. The van der Waals surface area contributed by atoms with E-state index in [1.165, 1.54) is 18.1 Å². The van der Waals surface area contributed by atoms with Gasteiger partial charge in [-0.25, -0.2) is 0 Å². The minimum atomic E-state index is -2.06. The van der Waals surface area contributed by atoms with E-state index in [0.29, 0.717) is 25.7 Å². The topological polar surface area (TPSA) is 490 Å². The van der Waals surface area contributed by atoms with Crippen LogP contribution in [0.15, 0.2) is 11.1 Å². The fourth-order valence-electron chi connectivity index (χ4n) is 18.8. The Bertz CT molecular complexity index is 2740. The van der Waals surface area contributed by atoms with Crippen LogP contribution in [-0.4, -0.2) is 322 Å². The molecule has 0 aromatic carbocycles. The van der Waals surface area contributed by atoms with Crippen LogP contribution in [0.2, 0.25) is 0 Å². The summed E-state index contributed by atoms with van der Waals surface area (Å²) in [6.45, 7) is 9.93. The first-order valence-corrected chi connectivity index (χ1v) is 33.5. The van der Waals surface area contributed by atoms with Crippen molar-refractivity contribution in [3.63, 3.8) is 0 Å². The molecule has 10 fully saturated rings. The molecule has 38 atom stereocenters. The molecule has 2 spiro atoms. The highest BCUT2D eigenvalue weighted by Gasteiger charge is 2.76. The smallest absolute Gasteiger partial charge is 0.314 e. The third-order valence-electron chi connectivity index (χ3n) is 24.8. The molecule has 8 heterocycles. The van der Waals surface area contributed by atoms with Crippen molar-refractivity contribution in [1.29, 1.82) is 0 Å². The lowest BCUT2D eigenvalue weighted by Gasteiger charge is -2.63. The van der Waals surface area contributed by atoms with Gasteiger partial charge in [-0.15, -0.1) is 0 Å². The Labute approximate surface area is 548 Å². The second-order valence-electron chi connectivity index (χ2n) is 29.9. The Morgan fingerprint density at radius 2 is 1.05 bits per heavy atom. The first kappa shape index (κ1) is 72.8. The Kier molecular flexibility index (Phi) is 20.7. The number of allylic oxidation sites excluding steroid dienone is 2. The van der Waals surface area contributed by atoms with Crippen LogP contribution in [0.25, 0.3) is 0 Å². The molecule has 12 aliphatic rings. The number of ether oxygens (including phenoxy) is 14. The van der Waals surface area contributed by atoms with Crippen molar-refractivity contribution in [3.05, 3.63) is 11.1 Å². The van der Waals surface area contributed by atoms with Gasteiger partial charge in [0.15, 0.2) is 37.7 Å². The molecule has 4 aliphatic carbocycles. The number of hydrogen-bond acceptors (Lipinski definition) is 32. The number of carbonyl (C=O) groups excluding carboxylic acids is 1. The largest absolute Gasteiger partial charge is 0.430 e. The Hall–Kier alpha value is -1.99. The normalized spacial score (nSPS) is 56.4. The molecular formula is C63H100O32. The first-order valence-electron chi connectivity index (χ1n) is 33.5. The Balaban J connectivity index is 0.761. The average molecular weight is 1370 g/mol. The van der Waals surface area contributed by atoms with Crippen LogP contribution in [0.1, 0.15) is 106 Å². The molecule has 32 heteroatoms. The minimum Gasteiger partial charge on any atom is -0.430 e. The van der Waals surface area contributed by atoms with E-state index in [1.807, 2.05) is 6.92 Å². The molecular weight excluding hydrogens is 1270 g/mol. The van der Waals surface area contributed by atoms with Crippen molar-refractivity contribution in [1.82, 2.24) is 0 Å². The number of aliphatic hydroxyl groups is 17. The summed E-state index contributed by atoms with van der Waals surface area (Å²) in [5.41, 5.74) is 0.0149. The fourth-order valence-corrected chi connectivity index (χ4v) is 18.8. The second kappa shape index (κ2) is 27.0. The molecule has 0 amide bonds. The highest BCUT2D eigenvalue weighted by atomic mass is 16.8. The highest BCUT2D eigenvalue weighted by Crippen LogP contribution is 2.76. The van der Waals surface area contributed by atoms with Crippen LogP contribution >= 0.6 is 0 Å². The van der Waals surface area contributed by atoms with Gasteiger partial charge in [-0.1, -0.05) is 45.8 Å². The number of fused-ring (bicyclic) bond motifs is 5. The minimum absolute atomic E-state index is 0.0182. The molecule has 0 radical (unpaired) electrons. The van der Waals surface area contributed by atoms with Crippen molar-refractivity contribution in [3.8, 4) is 0 Å². The van der Waals surface area contributed by atoms with E-state index in [0.717, 1.165) is 32.1 Å². The highest BCUT2D eigenvalue weighted by molar-refractivity contribution is 5.76. The average Bonchev–Trinajstić information content (AvgIpc) is 1.53. The summed E-state index contributed by atoms with van der Waals surface area (Å²) in [6.07, 6.45) is -44.6. The lowest BCUT2D eigenvalue weighted by Crippen LogP contribution is -2.68. The third kappa shape index (κ3) is 11.7. The molecule has 8 saturated heterocycles. The van der Waals surface area contributed by atoms with Crippen LogP contribution in [0.4, 0.5) is 0 Å². The summed E-state index contributed by atoms with van der Waals surface area (Å²) < 4.78 is 85.6. The summed E-state index contributed by atoms with van der Waals surface area (Å²) in [7, 11) is 0. The Morgan fingerprint density at radius 1 is 0.505 bits per heavy atom. The molecule has 38 unspecified atom stereocenters. The van der Waals surface area contributed by atoms with Crippen molar-refractivity contribution in [2.75, 3.05) is 39.6 Å². The number of carbonyl (C=O) groups is 1. The van der Waals surface area contributed by atoms with E-state index in [4.69, 9.17) is 66.3 Å². The van der Waals surface area contributed by atoms with Crippen LogP contribution in [-0.2, 0) is 71.1 Å². The van der Waals surface area contributed by atoms with E-state index in [9.17, 15) is 91.6 Å². The molecule has 95 heavy (non-hydrogen) atoms. The zero-order chi connectivity index (χ0) is 68.7. The summed E-state index contributed by atoms with van der Waals surface area (Å²) in [5.74, 6) is -2.75. The number of esters is 1. The van der Waals surface area contributed by atoms with E-state index >= 15 is 0 Å². The number of aliphatic hydroxyl groups excluding tert-OH is 17. The van der Waals surface area contributed by atoms with Crippen molar-refractivity contribution in [2.24, 2.45) is 39.4 Å². The van der Waals surface area contributed by atoms with Gasteiger partial charge >= 0.3 is 5.97 Å². The van der Waals surface area contributed by atoms with Crippen molar-refractivity contribution < 1.29 is 158 Å². The molecule has 0 bridgehead atoms. The van der Waals surface area contributed by atoms with Gasteiger partial charge in [0, 0.05) is 17.3 Å². The zero-order valence-electron chi connectivity index (χ0n) is 54.3. The predicted octanol–water partition coefficient (Wildman–Crippen LogP) is -5.61. The fraction of sp³-hybridized carbons (Fsp3) is 0.952. The zero-order valence-corrected chi connectivity index (χ0v) is 54.3. The van der Waals surface area contributed by atoms with Gasteiger partial charge in [-0.3, -0.25) is 4.79 Å². The van der Waals surface area contributed by atoms with E-state index in [2.05, 4.69) is 27.7 Å². The molecule has 8 aliphatic heterocycles. The van der Waals surface area contributed by atoms with Gasteiger partial charge in [0.2, 0.25) is 5.79 Å². The van der Waals surface area contributed by atoms with Gasteiger partial charge in [-0.2, -0.15) is 0 Å². The van der Waals surface area contributed by atoms with Crippen LogP contribution in [0.3, 0.4) is 0 Å². The van der Waals surface area contributed by atoms with Crippen LogP contribution in [0.5, 0.6) is 0 Å². The number of hydrogen-bond donors (Lipinski definition) is 17. The summed E-state index contributed by atoms with van der Waals surface area (Å²) >= 11 is 0. The molecule has 0 aromatic heterocycles. The third-order valence-corrected chi connectivity index (χ3v) is 24.8. The van der Waals surface area contributed by atoms with Crippen LogP contribution < -0.4 is 0 Å². The molecule has 12 rings (SSSR count). The van der Waals surface area contributed by atoms with Crippen molar-refractivity contribution in [2.45, 2.75) is 296 Å². The summed E-state index contributed by atoms with van der Waals surface area (Å²) in [5, 5.41) is 189. The summed E-state index contributed by atoms with van der Waals surface area (Å²) in [4.78, 5) is 12.8. The quantitative estimate of drug-likeness (QED) is 0.0506. The van der Waals surface area contributed by atoms with Gasteiger partial charge < -0.3 is 153 Å².